The molecule has 0 fully saturated rings. The van der Waals surface area contributed by atoms with E-state index in [0.717, 1.165) is 11.1 Å². The summed E-state index contributed by atoms with van der Waals surface area (Å²) in [5, 5.41) is 23.0. The Morgan fingerprint density at radius 3 is 2.19 bits per heavy atom. The van der Waals surface area contributed by atoms with Crippen molar-refractivity contribution in [1.82, 2.24) is 5.16 Å². The molecule has 0 spiro atoms. The maximum Gasteiger partial charge on any atom is 0.358 e. The first kappa shape index (κ1) is 15.1. The number of aromatic carboxylic acids is 1. The van der Waals surface area contributed by atoms with Crippen molar-refractivity contribution in [2.75, 3.05) is 0 Å². The van der Waals surface area contributed by atoms with Gasteiger partial charge in [-0.25, -0.2) is 4.79 Å². The lowest BCUT2D eigenvalue weighted by atomic mass is 9.89. The normalized spacial score (nSPS) is 11.3. The molecule has 1 aromatic heterocycles. The molecule has 5 nitrogen and oxygen atoms in total. The summed E-state index contributed by atoms with van der Waals surface area (Å²) >= 11 is 0. The van der Waals surface area contributed by atoms with Gasteiger partial charge in [0.15, 0.2) is 11.5 Å². The fraction of sp³-hybridized carbons (Fsp3) is 0.375. The quantitative estimate of drug-likeness (QED) is 0.889. The fourth-order valence-electron chi connectivity index (χ4n) is 2.32. The minimum absolute atomic E-state index is 0.129. The number of aromatic nitrogens is 1. The molecule has 0 amide bonds. The van der Waals surface area contributed by atoms with Crippen LogP contribution in [0.15, 0.2) is 22.7 Å². The Morgan fingerprint density at radius 1 is 1.14 bits per heavy atom. The third-order valence-electron chi connectivity index (χ3n) is 3.46. The van der Waals surface area contributed by atoms with Gasteiger partial charge in [0.05, 0.1) is 5.56 Å². The standard InChI is InChI=1S/C16H19NO4/c1-8(2)10-5-6-11(9(3)4)15(18)14(10)13-7-12(16(19)20)17-21-13/h5-9,18H,1-4H3,(H,19,20). The first-order chi connectivity index (χ1) is 9.82. The molecule has 0 aliphatic rings. The molecule has 21 heavy (non-hydrogen) atoms. The van der Waals surface area contributed by atoms with Crippen LogP contribution in [0.1, 0.15) is 61.1 Å². The Hall–Kier alpha value is -2.30. The number of carbonyl (C=O) groups is 1. The number of nitrogens with zero attached hydrogens (tertiary/aromatic N) is 1. The highest BCUT2D eigenvalue weighted by atomic mass is 16.5. The molecule has 112 valence electrons. The molecule has 0 radical (unpaired) electrons. The summed E-state index contributed by atoms with van der Waals surface area (Å²) in [5.41, 5.74) is 2.04. The van der Waals surface area contributed by atoms with Crippen molar-refractivity contribution in [3.05, 3.63) is 35.0 Å². The van der Waals surface area contributed by atoms with Crippen LogP contribution in [0.2, 0.25) is 0 Å². The fourth-order valence-corrected chi connectivity index (χ4v) is 2.32. The molecule has 2 aromatic rings. The van der Waals surface area contributed by atoms with Crippen molar-refractivity contribution in [3.8, 4) is 17.1 Å². The van der Waals surface area contributed by atoms with E-state index in [1.165, 1.54) is 6.07 Å². The first-order valence-electron chi connectivity index (χ1n) is 6.89. The van der Waals surface area contributed by atoms with Crippen LogP contribution in [0, 0.1) is 0 Å². The van der Waals surface area contributed by atoms with Gasteiger partial charge in [-0.2, -0.15) is 0 Å². The van der Waals surface area contributed by atoms with Crippen molar-refractivity contribution in [2.24, 2.45) is 0 Å². The third-order valence-corrected chi connectivity index (χ3v) is 3.46. The summed E-state index contributed by atoms with van der Waals surface area (Å²) in [6.45, 7) is 7.97. The van der Waals surface area contributed by atoms with Crippen LogP contribution >= 0.6 is 0 Å². The van der Waals surface area contributed by atoms with Gasteiger partial charge in [0.25, 0.3) is 0 Å². The lowest BCUT2D eigenvalue weighted by molar-refractivity contribution is 0.0686. The van der Waals surface area contributed by atoms with Crippen LogP contribution in [-0.4, -0.2) is 21.3 Å². The molecule has 1 heterocycles. The Morgan fingerprint density at radius 2 is 1.71 bits per heavy atom. The van der Waals surface area contributed by atoms with Crippen LogP contribution in [0.3, 0.4) is 0 Å². The molecule has 0 bridgehead atoms. The van der Waals surface area contributed by atoms with Crippen LogP contribution in [0.25, 0.3) is 11.3 Å². The van der Waals surface area contributed by atoms with Crippen LogP contribution in [0.5, 0.6) is 5.75 Å². The zero-order chi connectivity index (χ0) is 15.7. The highest BCUT2D eigenvalue weighted by Gasteiger charge is 2.22. The monoisotopic (exact) mass is 289 g/mol. The number of benzene rings is 1. The zero-order valence-corrected chi connectivity index (χ0v) is 12.5. The molecule has 0 aliphatic heterocycles. The van der Waals surface area contributed by atoms with E-state index < -0.39 is 5.97 Å². The average molecular weight is 289 g/mol. The summed E-state index contributed by atoms with van der Waals surface area (Å²) < 4.78 is 5.13. The van der Waals surface area contributed by atoms with Crippen molar-refractivity contribution >= 4 is 5.97 Å². The second-order valence-electron chi connectivity index (χ2n) is 5.66. The van der Waals surface area contributed by atoms with Gasteiger partial charge in [-0.1, -0.05) is 45.0 Å². The number of rotatable bonds is 4. The number of hydrogen-bond donors (Lipinski definition) is 2. The van der Waals surface area contributed by atoms with Crippen molar-refractivity contribution < 1.29 is 19.5 Å². The SMILES string of the molecule is CC(C)c1ccc(C(C)C)c(-c2cc(C(=O)O)no2)c1O. The van der Waals surface area contributed by atoms with Crippen LogP contribution in [0.4, 0.5) is 0 Å². The van der Waals surface area contributed by atoms with E-state index in [1.54, 1.807) is 0 Å². The Kier molecular flexibility index (Phi) is 4.02. The van der Waals surface area contributed by atoms with Gasteiger partial charge in [0.2, 0.25) is 0 Å². The second kappa shape index (κ2) is 5.60. The lowest BCUT2D eigenvalue weighted by Gasteiger charge is -2.17. The maximum atomic E-state index is 10.9. The zero-order valence-electron chi connectivity index (χ0n) is 12.5. The summed E-state index contributed by atoms with van der Waals surface area (Å²) in [4.78, 5) is 10.9. The van der Waals surface area contributed by atoms with Gasteiger partial charge in [-0.15, -0.1) is 0 Å². The van der Waals surface area contributed by atoms with E-state index in [9.17, 15) is 9.90 Å². The minimum atomic E-state index is -1.16. The highest BCUT2D eigenvalue weighted by molar-refractivity contribution is 5.87. The van der Waals surface area contributed by atoms with Crippen LogP contribution < -0.4 is 0 Å². The Balaban J connectivity index is 2.68. The molecule has 0 aliphatic carbocycles. The van der Waals surface area contributed by atoms with E-state index in [4.69, 9.17) is 9.63 Å². The topological polar surface area (TPSA) is 83.6 Å². The smallest absolute Gasteiger partial charge is 0.358 e. The van der Waals surface area contributed by atoms with Gasteiger partial charge >= 0.3 is 5.97 Å². The van der Waals surface area contributed by atoms with Gasteiger partial charge in [-0.05, 0) is 23.0 Å². The van der Waals surface area contributed by atoms with Crippen LogP contribution in [-0.2, 0) is 0 Å². The second-order valence-corrected chi connectivity index (χ2v) is 5.66. The predicted molar refractivity (Wildman–Crippen MR) is 78.7 cm³/mol. The lowest BCUT2D eigenvalue weighted by Crippen LogP contribution is -1.97. The summed E-state index contributed by atoms with van der Waals surface area (Å²) in [5.74, 6) is -0.451. The van der Waals surface area contributed by atoms with E-state index >= 15 is 0 Å². The molecule has 1 aromatic carbocycles. The van der Waals surface area contributed by atoms with Crippen molar-refractivity contribution in [2.45, 2.75) is 39.5 Å². The number of carboxylic acids is 1. The number of phenols is 1. The maximum absolute atomic E-state index is 10.9. The van der Waals surface area contributed by atoms with Gasteiger partial charge in [0, 0.05) is 6.07 Å². The average Bonchev–Trinajstić information content (AvgIpc) is 2.86. The van der Waals surface area contributed by atoms with Gasteiger partial charge in [-0.3, -0.25) is 0 Å². The number of phenolic OH excluding ortho intramolecular Hbond substituents is 1. The van der Waals surface area contributed by atoms with E-state index in [0.29, 0.717) is 5.56 Å². The van der Waals surface area contributed by atoms with Gasteiger partial charge in [0.1, 0.15) is 5.75 Å². The molecular weight excluding hydrogens is 270 g/mol. The summed E-state index contributed by atoms with van der Waals surface area (Å²) in [6, 6.07) is 5.18. The molecule has 0 unspecified atom stereocenters. The molecule has 0 saturated heterocycles. The van der Waals surface area contributed by atoms with Crippen molar-refractivity contribution in [3.63, 3.8) is 0 Å². The van der Waals surface area contributed by atoms with E-state index in [1.807, 2.05) is 39.8 Å². The predicted octanol–water partition coefficient (Wildman–Crippen LogP) is 3.99. The van der Waals surface area contributed by atoms with E-state index in [2.05, 4.69) is 5.16 Å². The van der Waals surface area contributed by atoms with Crippen molar-refractivity contribution in [1.29, 1.82) is 0 Å². The molecule has 0 atom stereocenters. The Labute approximate surface area is 123 Å². The molecule has 0 saturated carbocycles. The molecule has 2 N–H and O–H groups in total. The Bertz CT molecular complexity index is 671. The largest absolute Gasteiger partial charge is 0.507 e. The third kappa shape index (κ3) is 2.77. The molecular formula is C16H19NO4. The van der Waals surface area contributed by atoms with E-state index in [-0.39, 0.29) is 29.0 Å². The number of aromatic hydroxyl groups is 1. The molecule has 5 heteroatoms. The highest BCUT2D eigenvalue weighted by Crippen LogP contribution is 2.41. The summed E-state index contributed by atoms with van der Waals surface area (Å²) in [6.07, 6.45) is 0. The summed E-state index contributed by atoms with van der Waals surface area (Å²) in [7, 11) is 0. The number of hydrogen-bond acceptors (Lipinski definition) is 4. The minimum Gasteiger partial charge on any atom is -0.507 e. The van der Waals surface area contributed by atoms with Gasteiger partial charge < -0.3 is 14.7 Å². The number of carboxylic acid groups (broad SMARTS) is 1. The first-order valence-corrected chi connectivity index (χ1v) is 6.89. The molecule has 2 rings (SSSR count).